The van der Waals surface area contributed by atoms with Crippen LogP contribution in [0.2, 0.25) is 5.02 Å². The van der Waals surface area contributed by atoms with E-state index in [-0.39, 0.29) is 27.3 Å². The SMILES string of the molecule is O=C(O)c1cncc(-n2c(=S)[nH]c3cc(C(=O)NCc4ccc(Cl)cc4)ccc3c2=O)c1. The number of pyridine rings is 1. The van der Waals surface area contributed by atoms with Gasteiger partial charge in [-0.1, -0.05) is 23.7 Å². The highest BCUT2D eigenvalue weighted by Crippen LogP contribution is 2.15. The summed E-state index contributed by atoms with van der Waals surface area (Å²) in [6, 6.07) is 13.0. The number of hydrogen-bond donors (Lipinski definition) is 3. The van der Waals surface area contributed by atoms with Crippen molar-refractivity contribution >= 4 is 46.6 Å². The number of carbonyl (C=O) groups is 2. The van der Waals surface area contributed by atoms with Crippen molar-refractivity contribution in [1.82, 2.24) is 19.9 Å². The van der Waals surface area contributed by atoms with Gasteiger partial charge >= 0.3 is 5.97 Å². The van der Waals surface area contributed by atoms with Gasteiger partial charge < -0.3 is 15.4 Å². The van der Waals surface area contributed by atoms with E-state index >= 15 is 0 Å². The Labute approximate surface area is 191 Å². The van der Waals surface area contributed by atoms with Gasteiger partial charge in [0.15, 0.2) is 4.77 Å². The third kappa shape index (κ3) is 4.29. The third-order valence-electron chi connectivity index (χ3n) is 4.76. The van der Waals surface area contributed by atoms with E-state index in [4.69, 9.17) is 23.8 Å². The molecule has 0 saturated carbocycles. The molecular formula is C22H15ClN4O4S. The van der Waals surface area contributed by atoms with Crippen LogP contribution in [0.3, 0.4) is 0 Å². The standard InChI is InChI=1S/C22H15ClN4O4S/c23-15-4-1-12(2-5-15)9-25-19(28)13-3-6-17-18(8-13)26-22(32)27(20(17)29)16-7-14(21(30)31)10-24-11-16/h1-8,10-11H,9H2,(H,25,28)(H,26,32)(H,30,31). The van der Waals surface area contributed by atoms with Crippen molar-refractivity contribution < 1.29 is 14.7 Å². The highest BCUT2D eigenvalue weighted by Gasteiger charge is 2.13. The molecule has 0 spiro atoms. The van der Waals surface area contributed by atoms with E-state index in [0.717, 1.165) is 10.1 Å². The van der Waals surface area contributed by atoms with Crippen molar-refractivity contribution in [3.05, 3.63) is 97.8 Å². The van der Waals surface area contributed by atoms with Gasteiger partial charge in [-0.25, -0.2) is 4.79 Å². The van der Waals surface area contributed by atoms with Crippen LogP contribution in [0.1, 0.15) is 26.3 Å². The molecule has 0 aliphatic heterocycles. The summed E-state index contributed by atoms with van der Waals surface area (Å²) in [6.45, 7) is 0.318. The van der Waals surface area contributed by atoms with E-state index in [0.29, 0.717) is 22.6 Å². The van der Waals surface area contributed by atoms with E-state index in [2.05, 4.69) is 15.3 Å². The molecule has 0 fully saturated rings. The van der Waals surface area contributed by atoms with Crippen molar-refractivity contribution in [2.24, 2.45) is 0 Å². The lowest BCUT2D eigenvalue weighted by atomic mass is 10.1. The van der Waals surface area contributed by atoms with Crippen molar-refractivity contribution in [2.75, 3.05) is 0 Å². The van der Waals surface area contributed by atoms with Crippen LogP contribution in [-0.2, 0) is 6.54 Å². The summed E-state index contributed by atoms with van der Waals surface area (Å²) >= 11 is 11.2. The molecule has 0 unspecified atom stereocenters. The molecule has 0 aliphatic carbocycles. The Hall–Kier alpha value is -3.82. The zero-order valence-electron chi connectivity index (χ0n) is 16.3. The van der Waals surface area contributed by atoms with Crippen LogP contribution >= 0.6 is 23.8 Å². The molecule has 2 heterocycles. The molecule has 0 radical (unpaired) electrons. The summed E-state index contributed by atoms with van der Waals surface area (Å²) in [5.74, 6) is -1.49. The lowest BCUT2D eigenvalue weighted by Crippen LogP contribution is -2.24. The molecular weight excluding hydrogens is 452 g/mol. The number of carbonyl (C=O) groups excluding carboxylic acids is 1. The molecule has 4 aromatic rings. The molecule has 4 rings (SSSR count). The number of H-pyrrole nitrogens is 1. The van der Waals surface area contributed by atoms with Gasteiger partial charge in [0.05, 0.1) is 28.4 Å². The quantitative estimate of drug-likeness (QED) is 0.386. The number of fused-ring (bicyclic) bond motifs is 1. The van der Waals surface area contributed by atoms with Crippen molar-refractivity contribution in [2.45, 2.75) is 6.54 Å². The molecule has 1 amide bonds. The minimum atomic E-state index is -1.17. The van der Waals surface area contributed by atoms with Gasteiger partial charge in [-0.15, -0.1) is 0 Å². The van der Waals surface area contributed by atoms with E-state index in [1.165, 1.54) is 30.6 Å². The zero-order valence-corrected chi connectivity index (χ0v) is 17.9. The largest absolute Gasteiger partial charge is 0.478 e. The van der Waals surface area contributed by atoms with Crippen molar-refractivity contribution in [1.29, 1.82) is 0 Å². The van der Waals surface area contributed by atoms with E-state index in [1.807, 2.05) is 12.1 Å². The fourth-order valence-corrected chi connectivity index (χ4v) is 3.57. The Bertz CT molecular complexity index is 1480. The van der Waals surface area contributed by atoms with Crippen LogP contribution in [0.4, 0.5) is 0 Å². The van der Waals surface area contributed by atoms with Crippen LogP contribution in [0, 0.1) is 4.77 Å². The lowest BCUT2D eigenvalue weighted by molar-refractivity contribution is 0.0696. The average Bonchev–Trinajstić information content (AvgIpc) is 2.78. The number of aromatic amines is 1. The molecule has 8 nitrogen and oxygen atoms in total. The number of halogens is 1. The monoisotopic (exact) mass is 466 g/mol. The number of nitrogens with zero attached hydrogens (tertiary/aromatic N) is 2. The molecule has 2 aromatic carbocycles. The number of aromatic nitrogens is 3. The molecule has 0 saturated heterocycles. The smallest absolute Gasteiger partial charge is 0.337 e. The maximum atomic E-state index is 13.0. The fourth-order valence-electron chi connectivity index (χ4n) is 3.15. The summed E-state index contributed by atoms with van der Waals surface area (Å²) in [5.41, 5.74) is 1.32. The van der Waals surface area contributed by atoms with Crippen LogP contribution in [0.25, 0.3) is 16.6 Å². The minimum Gasteiger partial charge on any atom is -0.478 e. The first-order valence-corrected chi connectivity index (χ1v) is 10.1. The number of hydrogen-bond acceptors (Lipinski definition) is 5. The number of rotatable bonds is 5. The van der Waals surface area contributed by atoms with E-state index in [1.54, 1.807) is 18.2 Å². The van der Waals surface area contributed by atoms with Gasteiger partial charge in [0.1, 0.15) is 0 Å². The molecule has 10 heteroatoms. The highest BCUT2D eigenvalue weighted by molar-refractivity contribution is 7.71. The first kappa shape index (κ1) is 21.4. The highest BCUT2D eigenvalue weighted by atomic mass is 35.5. The number of nitrogens with one attached hydrogen (secondary N) is 2. The Morgan fingerprint density at radius 2 is 1.84 bits per heavy atom. The summed E-state index contributed by atoms with van der Waals surface area (Å²) in [6.07, 6.45) is 2.53. The number of aromatic carboxylic acids is 1. The zero-order chi connectivity index (χ0) is 22.8. The maximum absolute atomic E-state index is 13.0. The molecule has 32 heavy (non-hydrogen) atoms. The topological polar surface area (TPSA) is 117 Å². The van der Waals surface area contributed by atoms with Crippen molar-refractivity contribution in [3.8, 4) is 5.69 Å². The van der Waals surface area contributed by atoms with Gasteiger partial charge in [0.2, 0.25) is 0 Å². The summed E-state index contributed by atoms with van der Waals surface area (Å²) in [7, 11) is 0. The second kappa shape index (κ2) is 8.74. The first-order chi connectivity index (χ1) is 15.3. The summed E-state index contributed by atoms with van der Waals surface area (Å²) in [4.78, 5) is 43.6. The average molecular weight is 467 g/mol. The Balaban J connectivity index is 1.66. The fraction of sp³-hybridized carbons (Fsp3) is 0.0455. The van der Waals surface area contributed by atoms with E-state index < -0.39 is 11.5 Å². The Morgan fingerprint density at radius 1 is 1.09 bits per heavy atom. The number of benzene rings is 2. The van der Waals surface area contributed by atoms with Gasteiger partial charge in [-0.3, -0.25) is 19.1 Å². The maximum Gasteiger partial charge on any atom is 0.337 e. The number of amides is 1. The van der Waals surface area contributed by atoms with E-state index in [9.17, 15) is 19.5 Å². The predicted octanol–water partition coefficient (Wildman–Crippen LogP) is 3.72. The molecule has 0 bridgehead atoms. The van der Waals surface area contributed by atoms with Gasteiger partial charge in [0.25, 0.3) is 11.5 Å². The summed E-state index contributed by atoms with van der Waals surface area (Å²) in [5, 5.41) is 12.9. The lowest BCUT2D eigenvalue weighted by Gasteiger charge is -2.10. The minimum absolute atomic E-state index is 0.0468. The van der Waals surface area contributed by atoms with Crippen LogP contribution in [-0.4, -0.2) is 31.5 Å². The van der Waals surface area contributed by atoms with Gasteiger partial charge in [-0.05, 0) is 54.2 Å². The molecule has 3 N–H and O–H groups in total. The van der Waals surface area contributed by atoms with Crippen LogP contribution in [0.5, 0.6) is 0 Å². The first-order valence-electron chi connectivity index (χ1n) is 9.34. The predicted molar refractivity (Wildman–Crippen MR) is 122 cm³/mol. The summed E-state index contributed by atoms with van der Waals surface area (Å²) < 4.78 is 1.21. The number of carboxylic acid groups (broad SMARTS) is 1. The molecule has 2 aromatic heterocycles. The third-order valence-corrected chi connectivity index (χ3v) is 5.29. The normalized spacial score (nSPS) is 10.8. The Morgan fingerprint density at radius 3 is 2.56 bits per heavy atom. The van der Waals surface area contributed by atoms with Crippen molar-refractivity contribution in [3.63, 3.8) is 0 Å². The van der Waals surface area contributed by atoms with Gasteiger partial charge in [0, 0.05) is 23.3 Å². The molecule has 0 aliphatic rings. The molecule has 0 atom stereocenters. The Kier molecular flexibility index (Phi) is 5.85. The second-order valence-corrected chi connectivity index (χ2v) is 7.70. The second-order valence-electron chi connectivity index (χ2n) is 6.88. The van der Waals surface area contributed by atoms with Crippen LogP contribution in [0.15, 0.2) is 65.7 Å². The van der Waals surface area contributed by atoms with Crippen LogP contribution < -0.4 is 10.9 Å². The van der Waals surface area contributed by atoms with Gasteiger partial charge in [-0.2, -0.15) is 0 Å². The number of carboxylic acids is 1. The molecule has 160 valence electrons.